The third kappa shape index (κ3) is 3.19. The van der Waals surface area contributed by atoms with Crippen molar-refractivity contribution in [2.24, 2.45) is 0 Å². The van der Waals surface area contributed by atoms with Gasteiger partial charge in [0, 0.05) is 19.3 Å². The number of hydrogen-bond acceptors (Lipinski definition) is 5. The van der Waals surface area contributed by atoms with Gasteiger partial charge in [-0.25, -0.2) is 14.6 Å². The Hall–Kier alpha value is -2.15. The quantitative estimate of drug-likeness (QED) is 0.642. The first kappa shape index (κ1) is 13.3. The molecule has 1 N–H and O–H groups in total. The molecule has 8 heteroatoms. The van der Waals surface area contributed by atoms with Gasteiger partial charge in [-0.1, -0.05) is 11.6 Å². The standard InChI is InChI=1S/C11H10ClN3O4/c12-8-2-1-7(5-14-8)10(17)19-6-9(16)15-4-3-13-11(15)18/h1-2,5H,3-4,6H2,(H,13,18). The lowest BCUT2D eigenvalue weighted by Gasteiger charge is -2.11. The number of urea groups is 1. The molecule has 2 heterocycles. The van der Waals surface area contributed by atoms with Crippen LogP contribution in [0.3, 0.4) is 0 Å². The molecule has 0 atom stereocenters. The topological polar surface area (TPSA) is 88.6 Å². The third-order valence-electron chi connectivity index (χ3n) is 2.45. The van der Waals surface area contributed by atoms with Gasteiger partial charge >= 0.3 is 12.0 Å². The Morgan fingerprint density at radius 3 is 2.84 bits per heavy atom. The molecule has 0 spiro atoms. The van der Waals surface area contributed by atoms with Gasteiger partial charge in [0.25, 0.3) is 5.91 Å². The predicted molar refractivity (Wildman–Crippen MR) is 64.6 cm³/mol. The van der Waals surface area contributed by atoms with Crippen LogP contribution in [0.1, 0.15) is 10.4 Å². The summed E-state index contributed by atoms with van der Waals surface area (Å²) in [5, 5.41) is 2.73. The first-order valence-corrected chi connectivity index (χ1v) is 5.82. The summed E-state index contributed by atoms with van der Waals surface area (Å²) in [4.78, 5) is 39.1. The van der Waals surface area contributed by atoms with Gasteiger partial charge in [0.1, 0.15) is 5.15 Å². The Bertz CT molecular complexity index is 517. The van der Waals surface area contributed by atoms with E-state index in [4.69, 9.17) is 16.3 Å². The molecule has 3 amide bonds. The Labute approximate surface area is 113 Å². The van der Waals surface area contributed by atoms with Crippen LogP contribution in [0, 0.1) is 0 Å². The van der Waals surface area contributed by atoms with Crippen molar-refractivity contribution < 1.29 is 19.1 Å². The summed E-state index contributed by atoms with van der Waals surface area (Å²) in [6.45, 7) is 0.187. The molecule has 0 aliphatic carbocycles. The fourth-order valence-corrected chi connectivity index (χ4v) is 1.61. The Morgan fingerprint density at radius 2 is 2.26 bits per heavy atom. The summed E-state index contributed by atoms with van der Waals surface area (Å²) >= 11 is 5.58. The minimum Gasteiger partial charge on any atom is -0.452 e. The lowest BCUT2D eigenvalue weighted by Crippen LogP contribution is -2.37. The van der Waals surface area contributed by atoms with Gasteiger partial charge in [0.15, 0.2) is 6.61 Å². The van der Waals surface area contributed by atoms with E-state index in [1.165, 1.54) is 18.3 Å². The van der Waals surface area contributed by atoms with E-state index in [9.17, 15) is 14.4 Å². The van der Waals surface area contributed by atoms with Crippen molar-refractivity contribution in [3.8, 4) is 0 Å². The Kier molecular flexibility index (Phi) is 3.96. The number of esters is 1. The number of nitrogens with one attached hydrogen (secondary N) is 1. The number of ether oxygens (including phenoxy) is 1. The molecular weight excluding hydrogens is 274 g/mol. The van der Waals surface area contributed by atoms with Gasteiger partial charge in [-0.05, 0) is 12.1 Å². The molecule has 0 bridgehead atoms. The van der Waals surface area contributed by atoms with Crippen LogP contribution in [-0.2, 0) is 9.53 Å². The van der Waals surface area contributed by atoms with Crippen molar-refractivity contribution >= 4 is 29.5 Å². The minimum atomic E-state index is -0.697. The van der Waals surface area contributed by atoms with Gasteiger partial charge in [-0.15, -0.1) is 0 Å². The van der Waals surface area contributed by atoms with Crippen LogP contribution in [-0.4, -0.2) is 47.5 Å². The van der Waals surface area contributed by atoms with Crippen LogP contribution < -0.4 is 5.32 Å². The minimum absolute atomic E-state index is 0.183. The van der Waals surface area contributed by atoms with E-state index in [1.807, 2.05) is 0 Å². The second-order valence-electron chi connectivity index (χ2n) is 3.72. The molecular formula is C11H10ClN3O4. The number of carbonyl (C=O) groups is 3. The maximum absolute atomic E-state index is 11.6. The lowest BCUT2D eigenvalue weighted by molar-refractivity contribution is -0.130. The third-order valence-corrected chi connectivity index (χ3v) is 2.67. The highest BCUT2D eigenvalue weighted by atomic mass is 35.5. The average molecular weight is 284 g/mol. The van der Waals surface area contributed by atoms with Crippen molar-refractivity contribution in [3.05, 3.63) is 29.0 Å². The number of imide groups is 1. The molecule has 0 unspecified atom stereocenters. The molecule has 1 aromatic heterocycles. The van der Waals surface area contributed by atoms with Crippen LogP contribution in [0.4, 0.5) is 4.79 Å². The van der Waals surface area contributed by atoms with Crippen molar-refractivity contribution in [1.82, 2.24) is 15.2 Å². The highest BCUT2D eigenvalue weighted by molar-refractivity contribution is 6.29. The van der Waals surface area contributed by atoms with Crippen LogP contribution in [0.15, 0.2) is 18.3 Å². The molecule has 1 saturated heterocycles. The van der Waals surface area contributed by atoms with Crippen LogP contribution in [0.2, 0.25) is 5.15 Å². The number of pyridine rings is 1. The summed E-state index contributed by atoms with van der Waals surface area (Å²) in [6, 6.07) is 2.40. The molecule has 0 radical (unpaired) electrons. The van der Waals surface area contributed by atoms with E-state index in [0.29, 0.717) is 6.54 Å². The number of carbonyl (C=O) groups excluding carboxylic acids is 3. The number of halogens is 1. The maximum Gasteiger partial charge on any atom is 0.340 e. The first-order valence-electron chi connectivity index (χ1n) is 5.45. The maximum atomic E-state index is 11.6. The Balaban J connectivity index is 1.88. The molecule has 1 aromatic rings. The molecule has 0 saturated carbocycles. The Morgan fingerprint density at radius 1 is 1.47 bits per heavy atom. The van der Waals surface area contributed by atoms with Gasteiger partial charge < -0.3 is 10.1 Å². The number of amides is 3. The molecule has 1 aliphatic heterocycles. The number of hydrogen-bond donors (Lipinski definition) is 1. The number of rotatable bonds is 3. The van der Waals surface area contributed by atoms with Crippen molar-refractivity contribution in [2.75, 3.05) is 19.7 Å². The van der Waals surface area contributed by atoms with Crippen LogP contribution in [0.25, 0.3) is 0 Å². The largest absolute Gasteiger partial charge is 0.452 e. The zero-order valence-electron chi connectivity index (χ0n) is 9.76. The van der Waals surface area contributed by atoms with Gasteiger partial charge in [-0.2, -0.15) is 0 Å². The molecule has 7 nitrogen and oxygen atoms in total. The van der Waals surface area contributed by atoms with Crippen molar-refractivity contribution in [2.45, 2.75) is 0 Å². The van der Waals surface area contributed by atoms with E-state index >= 15 is 0 Å². The summed E-state index contributed by atoms with van der Waals surface area (Å²) in [7, 11) is 0. The SMILES string of the molecule is O=C(OCC(=O)N1CCNC1=O)c1ccc(Cl)nc1. The molecule has 19 heavy (non-hydrogen) atoms. The van der Waals surface area contributed by atoms with Gasteiger partial charge in [-0.3, -0.25) is 9.69 Å². The highest BCUT2D eigenvalue weighted by Crippen LogP contribution is 2.07. The lowest BCUT2D eigenvalue weighted by atomic mass is 10.3. The van der Waals surface area contributed by atoms with E-state index in [0.717, 1.165) is 4.90 Å². The van der Waals surface area contributed by atoms with Crippen LogP contribution in [0.5, 0.6) is 0 Å². The summed E-state index contributed by atoms with van der Waals surface area (Å²) in [6.07, 6.45) is 1.25. The summed E-state index contributed by atoms with van der Waals surface area (Å²) in [5.74, 6) is -1.26. The molecule has 100 valence electrons. The predicted octanol–water partition coefficient (Wildman–Crippen LogP) is 0.444. The first-order chi connectivity index (χ1) is 9.08. The van der Waals surface area contributed by atoms with Crippen molar-refractivity contribution in [1.29, 1.82) is 0 Å². The molecule has 2 rings (SSSR count). The molecule has 1 aliphatic rings. The van der Waals surface area contributed by atoms with Crippen LogP contribution >= 0.6 is 11.6 Å². The second-order valence-corrected chi connectivity index (χ2v) is 4.11. The summed E-state index contributed by atoms with van der Waals surface area (Å²) < 4.78 is 4.80. The zero-order chi connectivity index (χ0) is 13.8. The summed E-state index contributed by atoms with van der Waals surface area (Å²) in [5.41, 5.74) is 0.183. The molecule has 0 aromatic carbocycles. The zero-order valence-corrected chi connectivity index (χ0v) is 10.5. The fraction of sp³-hybridized carbons (Fsp3) is 0.273. The normalized spacial score (nSPS) is 14.2. The van der Waals surface area contributed by atoms with E-state index in [-0.39, 0.29) is 17.3 Å². The second kappa shape index (κ2) is 5.66. The fourth-order valence-electron chi connectivity index (χ4n) is 1.49. The molecule has 1 fully saturated rings. The van der Waals surface area contributed by atoms with Gasteiger partial charge in [0.05, 0.1) is 5.56 Å². The number of nitrogens with zero attached hydrogens (tertiary/aromatic N) is 2. The van der Waals surface area contributed by atoms with E-state index in [2.05, 4.69) is 10.3 Å². The van der Waals surface area contributed by atoms with Crippen molar-refractivity contribution in [3.63, 3.8) is 0 Å². The smallest absolute Gasteiger partial charge is 0.340 e. The van der Waals surface area contributed by atoms with E-state index < -0.39 is 24.5 Å². The number of aromatic nitrogens is 1. The highest BCUT2D eigenvalue weighted by Gasteiger charge is 2.26. The van der Waals surface area contributed by atoms with E-state index in [1.54, 1.807) is 0 Å². The average Bonchev–Trinajstić information content (AvgIpc) is 2.83. The van der Waals surface area contributed by atoms with Gasteiger partial charge in [0.2, 0.25) is 0 Å². The monoisotopic (exact) mass is 283 g/mol.